The van der Waals surface area contributed by atoms with Crippen molar-refractivity contribution in [3.63, 3.8) is 0 Å². The first-order valence-corrected chi connectivity index (χ1v) is 7.34. The third-order valence-electron chi connectivity index (χ3n) is 2.12. The molecule has 0 rings (SSSR count). The van der Waals surface area contributed by atoms with Gasteiger partial charge in [-0.1, -0.05) is 13.8 Å². The molecule has 0 bridgehead atoms. The number of hydrogen-bond donors (Lipinski definition) is 2. The summed E-state index contributed by atoms with van der Waals surface area (Å²) in [6.07, 6.45) is 0.641. The second kappa shape index (κ2) is 8.92. The summed E-state index contributed by atoms with van der Waals surface area (Å²) in [5.74, 6) is 0.383. The summed E-state index contributed by atoms with van der Waals surface area (Å²) in [5, 5.41) is 3.09. The maximum atomic E-state index is 11.5. The van der Waals surface area contributed by atoms with Crippen LogP contribution in [0.15, 0.2) is 0 Å². The smallest absolute Gasteiger partial charge is 0.211 e. The molecule has 16 heavy (non-hydrogen) atoms. The van der Waals surface area contributed by atoms with Crippen LogP contribution < -0.4 is 10.0 Å². The molecular formula is C10H24N2O3S. The van der Waals surface area contributed by atoms with Gasteiger partial charge in [0.25, 0.3) is 0 Å². The average Bonchev–Trinajstić information content (AvgIpc) is 2.22. The van der Waals surface area contributed by atoms with Crippen molar-refractivity contribution in [1.29, 1.82) is 0 Å². The zero-order valence-electron chi connectivity index (χ0n) is 10.5. The first-order valence-electron chi connectivity index (χ1n) is 5.68. The Labute approximate surface area is 99.0 Å². The van der Waals surface area contributed by atoms with Gasteiger partial charge in [0.1, 0.15) is 0 Å². The molecule has 0 fully saturated rings. The Morgan fingerprint density at radius 2 is 2.06 bits per heavy atom. The first kappa shape index (κ1) is 15.8. The van der Waals surface area contributed by atoms with Crippen LogP contribution in [-0.4, -0.2) is 47.5 Å². The molecular weight excluding hydrogens is 228 g/mol. The van der Waals surface area contributed by atoms with Crippen LogP contribution in [0.25, 0.3) is 0 Å². The summed E-state index contributed by atoms with van der Waals surface area (Å²) in [4.78, 5) is 0. The average molecular weight is 252 g/mol. The lowest BCUT2D eigenvalue weighted by molar-refractivity contribution is 0.161. The van der Waals surface area contributed by atoms with E-state index in [0.29, 0.717) is 19.6 Å². The highest BCUT2D eigenvalue weighted by atomic mass is 32.2. The second-order valence-corrected chi connectivity index (χ2v) is 5.86. The number of methoxy groups -OCH3 is 1. The minimum Gasteiger partial charge on any atom is -0.384 e. The number of rotatable bonds is 10. The Hall–Kier alpha value is -0.170. The van der Waals surface area contributed by atoms with E-state index in [1.807, 2.05) is 13.8 Å². The Morgan fingerprint density at radius 1 is 1.38 bits per heavy atom. The highest BCUT2D eigenvalue weighted by Crippen LogP contribution is 1.95. The molecule has 0 aliphatic heterocycles. The lowest BCUT2D eigenvalue weighted by Crippen LogP contribution is -2.32. The van der Waals surface area contributed by atoms with Crippen LogP contribution >= 0.6 is 0 Å². The fraction of sp³-hybridized carbons (Fsp3) is 1.00. The van der Waals surface area contributed by atoms with Crippen molar-refractivity contribution >= 4 is 10.0 Å². The molecule has 0 aromatic heterocycles. The monoisotopic (exact) mass is 252 g/mol. The summed E-state index contributed by atoms with van der Waals surface area (Å²) >= 11 is 0. The molecule has 0 saturated carbocycles. The van der Waals surface area contributed by atoms with Crippen molar-refractivity contribution in [2.45, 2.75) is 20.3 Å². The molecule has 0 heterocycles. The first-order chi connectivity index (χ1) is 7.52. The van der Waals surface area contributed by atoms with E-state index in [-0.39, 0.29) is 11.7 Å². The lowest BCUT2D eigenvalue weighted by atomic mass is 10.2. The van der Waals surface area contributed by atoms with Crippen LogP contribution in [0.2, 0.25) is 0 Å². The van der Waals surface area contributed by atoms with Gasteiger partial charge in [0.15, 0.2) is 0 Å². The van der Waals surface area contributed by atoms with E-state index >= 15 is 0 Å². The van der Waals surface area contributed by atoms with Crippen molar-refractivity contribution in [3.05, 3.63) is 0 Å². The van der Waals surface area contributed by atoms with Crippen molar-refractivity contribution in [2.75, 3.05) is 39.1 Å². The summed E-state index contributed by atoms with van der Waals surface area (Å²) in [6.45, 7) is 6.57. The molecule has 0 aromatic rings. The zero-order valence-corrected chi connectivity index (χ0v) is 11.3. The van der Waals surface area contributed by atoms with Gasteiger partial charge in [0.2, 0.25) is 10.0 Å². The van der Waals surface area contributed by atoms with E-state index in [9.17, 15) is 8.42 Å². The molecule has 2 N–H and O–H groups in total. The van der Waals surface area contributed by atoms with Crippen molar-refractivity contribution < 1.29 is 13.2 Å². The van der Waals surface area contributed by atoms with Crippen LogP contribution in [0.1, 0.15) is 20.3 Å². The van der Waals surface area contributed by atoms with Crippen LogP contribution in [0.3, 0.4) is 0 Å². The molecule has 1 unspecified atom stereocenters. The molecule has 98 valence electrons. The van der Waals surface area contributed by atoms with Gasteiger partial charge in [0.05, 0.1) is 5.75 Å². The largest absolute Gasteiger partial charge is 0.384 e. The predicted molar refractivity (Wildman–Crippen MR) is 66.0 cm³/mol. The molecule has 0 aromatic carbocycles. The predicted octanol–water partition coefficient (Wildman–Crippen LogP) is 0.188. The third-order valence-corrected chi connectivity index (χ3v) is 3.55. The van der Waals surface area contributed by atoms with E-state index in [4.69, 9.17) is 4.74 Å². The Morgan fingerprint density at radius 3 is 2.62 bits per heavy atom. The molecule has 0 aliphatic carbocycles. The molecule has 0 aliphatic rings. The summed E-state index contributed by atoms with van der Waals surface area (Å²) in [7, 11) is -1.51. The number of sulfonamides is 1. The lowest BCUT2D eigenvalue weighted by Gasteiger charge is -2.11. The Balaban J connectivity index is 3.70. The summed E-state index contributed by atoms with van der Waals surface area (Å²) in [5.41, 5.74) is 0. The number of ether oxygens (including phenoxy) is 1. The van der Waals surface area contributed by atoms with E-state index in [1.165, 1.54) is 0 Å². The van der Waals surface area contributed by atoms with Crippen LogP contribution in [-0.2, 0) is 14.8 Å². The molecule has 1 atom stereocenters. The van der Waals surface area contributed by atoms with Gasteiger partial charge in [-0.25, -0.2) is 13.1 Å². The van der Waals surface area contributed by atoms with E-state index < -0.39 is 10.0 Å². The Bertz CT molecular complexity index is 255. The standard InChI is InChI=1S/C10H24N2O3S/c1-4-11-6-5-7-16(13,14)12-8-10(2)9-15-3/h10-12H,4-9H2,1-3H3. The minimum atomic E-state index is -3.12. The van der Waals surface area contributed by atoms with Gasteiger partial charge in [-0.15, -0.1) is 0 Å². The van der Waals surface area contributed by atoms with Gasteiger partial charge in [-0.05, 0) is 25.4 Å². The van der Waals surface area contributed by atoms with Gasteiger partial charge < -0.3 is 10.1 Å². The van der Waals surface area contributed by atoms with Crippen molar-refractivity contribution in [2.24, 2.45) is 5.92 Å². The molecule has 0 amide bonds. The van der Waals surface area contributed by atoms with Gasteiger partial charge in [-0.2, -0.15) is 0 Å². The summed E-state index contributed by atoms with van der Waals surface area (Å²) in [6, 6.07) is 0. The molecule has 6 heteroatoms. The Kier molecular flexibility index (Phi) is 8.83. The van der Waals surface area contributed by atoms with Crippen LogP contribution in [0.5, 0.6) is 0 Å². The normalized spacial score (nSPS) is 13.9. The number of nitrogens with one attached hydrogen (secondary N) is 2. The molecule has 0 radical (unpaired) electrons. The van der Waals surface area contributed by atoms with Gasteiger partial charge >= 0.3 is 0 Å². The quantitative estimate of drug-likeness (QED) is 0.545. The molecule has 0 saturated heterocycles. The SMILES string of the molecule is CCNCCCS(=O)(=O)NCC(C)COC. The van der Waals surface area contributed by atoms with E-state index in [2.05, 4.69) is 10.0 Å². The highest BCUT2D eigenvalue weighted by Gasteiger charge is 2.11. The van der Waals surface area contributed by atoms with E-state index in [0.717, 1.165) is 13.1 Å². The molecule has 0 spiro atoms. The van der Waals surface area contributed by atoms with Crippen molar-refractivity contribution in [1.82, 2.24) is 10.0 Å². The fourth-order valence-electron chi connectivity index (χ4n) is 1.25. The maximum Gasteiger partial charge on any atom is 0.211 e. The molecule has 5 nitrogen and oxygen atoms in total. The maximum absolute atomic E-state index is 11.5. The fourth-order valence-corrected chi connectivity index (χ4v) is 2.46. The summed E-state index contributed by atoms with van der Waals surface area (Å²) < 4.78 is 30.6. The number of hydrogen-bond acceptors (Lipinski definition) is 4. The topological polar surface area (TPSA) is 67.4 Å². The second-order valence-electron chi connectivity index (χ2n) is 3.93. The van der Waals surface area contributed by atoms with Crippen LogP contribution in [0.4, 0.5) is 0 Å². The zero-order chi connectivity index (χ0) is 12.4. The van der Waals surface area contributed by atoms with E-state index in [1.54, 1.807) is 7.11 Å². The van der Waals surface area contributed by atoms with Gasteiger partial charge in [0, 0.05) is 20.3 Å². The van der Waals surface area contributed by atoms with Crippen LogP contribution in [0, 0.1) is 5.92 Å². The highest BCUT2D eigenvalue weighted by molar-refractivity contribution is 7.89. The third kappa shape index (κ3) is 9.08. The van der Waals surface area contributed by atoms with Crippen molar-refractivity contribution in [3.8, 4) is 0 Å². The van der Waals surface area contributed by atoms with Gasteiger partial charge in [-0.3, -0.25) is 0 Å². The minimum absolute atomic E-state index is 0.180.